The van der Waals surface area contributed by atoms with Gasteiger partial charge in [0.25, 0.3) is 0 Å². The molecule has 0 aromatic heterocycles. The van der Waals surface area contributed by atoms with E-state index in [2.05, 4.69) is 6.58 Å². The fourth-order valence-electron chi connectivity index (χ4n) is 3.30. The van der Waals surface area contributed by atoms with Gasteiger partial charge in [0.2, 0.25) is 0 Å². The van der Waals surface area contributed by atoms with E-state index < -0.39 is 36.0 Å². The largest absolute Gasteiger partial charge is 0.458 e. The van der Waals surface area contributed by atoms with Crippen LogP contribution >= 0.6 is 0 Å². The Kier molecular flexibility index (Phi) is 7.97. The average molecular weight is 364 g/mol. The van der Waals surface area contributed by atoms with Gasteiger partial charge in [0.15, 0.2) is 11.4 Å². The van der Waals surface area contributed by atoms with Crippen molar-refractivity contribution < 1.29 is 24.5 Å². The molecule has 0 amide bonds. The van der Waals surface area contributed by atoms with Gasteiger partial charge >= 0.3 is 5.97 Å². The summed E-state index contributed by atoms with van der Waals surface area (Å²) >= 11 is 0. The van der Waals surface area contributed by atoms with Gasteiger partial charge in [0.05, 0.1) is 12.5 Å². The number of allylic oxidation sites excluding steroid dienone is 4. The van der Waals surface area contributed by atoms with Crippen molar-refractivity contribution in [1.29, 1.82) is 0 Å². The van der Waals surface area contributed by atoms with Gasteiger partial charge in [0.1, 0.15) is 6.10 Å². The van der Waals surface area contributed by atoms with Crippen LogP contribution in [0, 0.1) is 11.8 Å². The molecule has 2 N–H and O–H groups in total. The number of hydrogen-bond donors (Lipinski definition) is 2. The number of esters is 1. The third kappa shape index (κ3) is 5.39. The van der Waals surface area contributed by atoms with Crippen molar-refractivity contribution in [1.82, 2.24) is 0 Å². The average Bonchev–Trinajstić information content (AvgIpc) is 2.56. The summed E-state index contributed by atoms with van der Waals surface area (Å²) in [6.45, 7) is 12.3. The Morgan fingerprint density at radius 1 is 1.31 bits per heavy atom. The lowest BCUT2D eigenvalue weighted by atomic mass is 9.82. The predicted molar refractivity (Wildman–Crippen MR) is 101 cm³/mol. The van der Waals surface area contributed by atoms with E-state index in [4.69, 9.17) is 4.74 Å². The van der Waals surface area contributed by atoms with Gasteiger partial charge in [0, 0.05) is 6.42 Å². The first-order chi connectivity index (χ1) is 12.0. The first-order valence-corrected chi connectivity index (χ1v) is 9.15. The van der Waals surface area contributed by atoms with Crippen LogP contribution in [0.2, 0.25) is 0 Å². The van der Waals surface area contributed by atoms with Crippen LogP contribution < -0.4 is 0 Å². The van der Waals surface area contributed by atoms with Gasteiger partial charge in [-0.25, -0.2) is 0 Å². The van der Waals surface area contributed by atoms with E-state index in [1.165, 1.54) is 6.92 Å². The molecule has 0 aliphatic carbocycles. The van der Waals surface area contributed by atoms with E-state index in [9.17, 15) is 19.8 Å². The normalized spacial score (nSPS) is 32.4. The number of hydrogen-bond acceptors (Lipinski definition) is 5. The third-order valence-corrected chi connectivity index (χ3v) is 4.96. The maximum atomic E-state index is 12.6. The molecule has 0 saturated carbocycles. The summed E-state index contributed by atoms with van der Waals surface area (Å²) < 4.78 is 5.53. The standard InChI is InChI=1S/C21H32O5/c1-7-18-16(5)10-14(3)8-13(2)9-15(4)11-19(23)21(25,12-22)17(6)20(24)26-18/h9-10,13,17-18,22,25H,3,7-8,11-12H2,1-2,4-6H3. The second kappa shape index (κ2) is 9.28. The summed E-state index contributed by atoms with van der Waals surface area (Å²) in [7, 11) is 0. The highest BCUT2D eigenvalue weighted by Crippen LogP contribution is 2.27. The minimum Gasteiger partial charge on any atom is -0.458 e. The summed E-state index contributed by atoms with van der Waals surface area (Å²) in [6.07, 6.45) is 4.69. The van der Waals surface area contributed by atoms with Crippen molar-refractivity contribution >= 4 is 11.8 Å². The topological polar surface area (TPSA) is 83.8 Å². The van der Waals surface area contributed by atoms with Gasteiger partial charge in [-0.1, -0.05) is 43.7 Å². The molecule has 5 nitrogen and oxygen atoms in total. The number of aliphatic hydroxyl groups excluding tert-OH is 1. The highest BCUT2D eigenvalue weighted by atomic mass is 16.5. The van der Waals surface area contributed by atoms with Crippen LogP contribution in [0.3, 0.4) is 0 Å². The van der Waals surface area contributed by atoms with Crippen molar-refractivity contribution in [3.63, 3.8) is 0 Å². The molecule has 5 heteroatoms. The molecule has 0 radical (unpaired) electrons. The van der Waals surface area contributed by atoms with E-state index in [1.807, 2.05) is 32.9 Å². The number of carbonyl (C=O) groups excluding carboxylic acids is 2. The molecule has 146 valence electrons. The van der Waals surface area contributed by atoms with Crippen molar-refractivity contribution in [3.05, 3.63) is 35.5 Å². The quantitative estimate of drug-likeness (QED) is 0.581. The highest BCUT2D eigenvalue weighted by Gasteiger charge is 2.45. The van der Waals surface area contributed by atoms with E-state index in [1.54, 1.807) is 6.92 Å². The Morgan fingerprint density at radius 2 is 1.92 bits per heavy atom. The van der Waals surface area contributed by atoms with Crippen LogP contribution in [0.15, 0.2) is 35.5 Å². The Bertz CT molecular complexity index is 616. The monoisotopic (exact) mass is 364 g/mol. The van der Waals surface area contributed by atoms with Crippen LogP contribution in [-0.2, 0) is 14.3 Å². The zero-order valence-corrected chi connectivity index (χ0v) is 16.5. The molecule has 1 aliphatic heterocycles. The molecule has 0 spiro atoms. The van der Waals surface area contributed by atoms with E-state index in [0.29, 0.717) is 12.8 Å². The SMILES string of the molecule is C=C1C=C(C)C(CC)OC(=O)C(C)C(O)(CO)C(=O)CC(C)=CC(C)C1. The fourth-order valence-corrected chi connectivity index (χ4v) is 3.30. The molecule has 1 rings (SSSR count). The second-order valence-electron chi connectivity index (χ2n) is 7.48. The van der Waals surface area contributed by atoms with Gasteiger partial charge < -0.3 is 14.9 Å². The molecule has 0 aromatic rings. The van der Waals surface area contributed by atoms with Crippen molar-refractivity contribution in [2.24, 2.45) is 11.8 Å². The maximum Gasteiger partial charge on any atom is 0.312 e. The smallest absolute Gasteiger partial charge is 0.312 e. The molecule has 26 heavy (non-hydrogen) atoms. The molecular formula is C21H32O5. The van der Waals surface area contributed by atoms with E-state index in [-0.39, 0.29) is 12.3 Å². The van der Waals surface area contributed by atoms with Gasteiger partial charge in [-0.3, -0.25) is 9.59 Å². The van der Waals surface area contributed by atoms with Crippen LogP contribution in [-0.4, -0.2) is 40.3 Å². The highest BCUT2D eigenvalue weighted by molar-refractivity contribution is 5.93. The molecule has 0 fully saturated rings. The second-order valence-corrected chi connectivity index (χ2v) is 7.48. The first-order valence-electron chi connectivity index (χ1n) is 9.15. The van der Waals surface area contributed by atoms with Crippen molar-refractivity contribution in [2.75, 3.05) is 6.61 Å². The predicted octanol–water partition coefficient (Wildman–Crippen LogP) is 3.12. The number of ether oxygens (including phenoxy) is 1. The Labute approximate surface area is 156 Å². The number of carbonyl (C=O) groups is 2. The molecule has 1 heterocycles. The van der Waals surface area contributed by atoms with Crippen molar-refractivity contribution in [2.45, 2.75) is 65.6 Å². The van der Waals surface area contributed by atoms with Gasteiger partial charge in [-0.2, -0.15) is 0 Å². The van der Waals surface area contributed by atoms with E-state index >= 15 is 0 Å². The molecular weight excluding hydrogens is 332 g/mol. The summed E-state index contributed by atoms with van der Waals surface area (Å²) in [5.74, 6) is -2.28. The number of cyclic esters (lactones) is 1. The summed E-state index contributed by atoms with van der Waals surface area (Å²) in [6, 6.07) is 0. The lowest BCUT2D eigenvalue weighted by molar-refractivity contribution is -0.171. The zero-order chi connectivity index (χ0) is 20.1. The van der Waals surface area contributed by atoms with Crippen molar-refractivity contribution in [3.8, 4) is 0 Å². The molecule has 1 aliphatic rings. The van der Waals surface area contributed by atoms with E-state index in [0.717, 1.165) is 16.7 Å². The Hall–Kier alpha value is -1.72. The minimum absolute atomic E-state index is 0.0302. The zero-order valence-electron chi connectivity index (χ0n) is 16.5. The minimum atomic E-state index is -2.15. The lowest BCUT2D eigenvalue weighted by Crippen LogP contribution is -2.52. The first kappa shape index (κ1) is 22.3. The van der Waals surface area contributed by atoms with Crippen LogP contribution in [0.5, 0.6) is 0 Å². The number of Topliss-reactive ketones (excluding diaryl/α,β-unsaturated/α-hetero) is 1. The molecule has 4 unspecified atom stereocenters. The lowest BCUT2D eigenvalue weighted by Gasteiger charge is -2.31. The Balaban J connectivity index is 3.33. The summed E-state index contributed by atoms with van der Waals surface area (Å²) in [5, 5.41) is 20.3. The third-order valence-electron chi connectivity index (χ3n) is 4.96. The fraction of sp³-hybridized carbons (Fsp3) is 0.619. The van der Waals surface area contributed by atoms with Crippen LogP contribution in [0.1, 0.15) is 53.9 Å². The number of rotatable bonds is 2. The summed E-state index contributed by atoms with van der Waals surface area (Å²) in [4.78, 5) is 25.1. The van der Waals surface area contributed by atoms with Gasteiger partial charge in [-0.05, 0) is 45.1 Å². The molecule has 0 bridgehead atoms. The Morgan fingerprint density at radius 3 is 2.46 bits per heavy atom. The molecule has 0 saturated heterocycles. The van der Waals surface area contributed by atoms with Crippen LogP contribution in [0.4, 0.5) is 0 Å². The number of ketones is 1. The van der Waals surface area contributed by atoms with Gasteiger partial charge in [-0.15, -0.1) is 0 Å². The molecule has 0 aromatic carbocycles. The maximum absolute atomic E-state index is 12.6. The summed E-state index contributed by atoms with van der Waals surface area (Å²) in [5.41, 5.74) is 0.421. The number of aliphatic hydroxyl groups is 2. The molecule has 4 atom stereocenters. The van der Waals surface area contributed by atoms with Crippen LogP contribution in [0.25, 0.3) is 0 Å².